The minimum atomic E-state index is -0.461. The van der Waals surface area contributed by atoms with Crippen LogP contribution in [0.2, 0.25) is 0 Å². The Bertz CT molecular complexity index is 813. The van der Waals surface area contributed by atoms with E-state index in [0.29, 0.717) is 24.2 Å². The number of fused-ring (bicyclic) bond motifs is 1. The molecule has 25 heavy (non-hydrogen) atoms. The largest absolute Gasteiger partial charge is 0.503 e. The van der Waals surface area contributed by atoms with E-state index in [2.05, 4.69) is 24.1 Å². The second-order valence-corrected chi connectivity index (χ2v) is 6.41. The lowest BCUT2D eigenvalue weighted by Crippen LogP contribution is -2.22. The van der Waals surface area contributed by atoms with Crippen molar-refractivity contribution in [2.75, 3.05) is 32.2 Å². The van der Waals surface area contributed by atoms with Gasteiger partial charge in [-0.2, -0.15) is 0 Å². The van der Waals surface area contributed by atoms with Gasteiger partial charge < -0.3 is 14.4 Å². The van der Waals surface area contributed by atoms with Crippen molar-refractivity contribution in [1.29, 1.82) is 0 Å². The van der Waals surface area contributed by atoms with E-state index in [0.717, 1.165) is 20.9 Å². The van der Waals surface area contributed by atoms with Crippen molar-refractivity contribution >= 4 is 38.2 Å². The molecule has 0 aliphatic rings. The molecule has 0 atom stereocenters. The van der Waals surface area contributed by atoms with Crippen LogP contribution in [0.5, 0.6) is 0 Å². The minimum absolute atomic E-state index is 0.342. The molecule has 0 amide bonds. The van der Waals surface area contributed by atoms with Crippen LogP contribution < -0.4 is 4.90 Å². The molecule has 0 N–H and O–H groups in total. The summed E-state index contributed by atoms with van der Waals surface area (Å²) >= 11 is 1.57. The van der Waals surface area contributed by atoms with Crippen LogP contribution >= 0.6 is 11.3 Å². The first-order valence-electron chi connectivity index (χ1n) is 7.75. The molecule has 6 heteroatoms. The lowest BCUT2D eigenvalue weighted by Gasteiger charge is -2.17. The van der Waals surface area contributed by atoms with E-state index in [1.54, 1.807) is 11.3 Å². The van der Waals surface area contributed by atoms with Gasteiger partial charge in [-0.15, -0.1) is 13.2 Å². The van der Waals surface area contributed by atoms with E-state index < -0.39 is 5.97 Å². The smallest absolute Gasteiger partial charge is 0.341 e. The Labute approximate surface area is 151 Å². The van der Waals surface area contributed by atoms with Gasteiger partial charge in [0, 0.05) is 18.7 Å². The molecule has 0 aliphatic carbocycles. The number of hydrogen-bond donors (Lipinski definition) is 0. The van der Waals surface area contributed by atoms with Crippen molar-refractivity contribution in [1.82, 2.24) is 4.98 Å². The Morgan fingerprint density at radius 1 is 1.28 bits per heavy atom. The maximum absolute atomic E-state index is 12.2. The fraction of sp³-hybridized carbons (Fsp3) is 0.263. The van der Waals surface area contributed by atoms with Crippen molar-refractivity contribution in [2.45, 2.75) is 6.92 Å². The van der Waals surface area contributed by atoms with E-state index in [4.69, 9.17) is 14.5 Å². The lowest BCUT2D eigenvalue weighted by molar-refractivity contribution is -0.133. The second kappa shape index (κ2) is 8.48. The molecule has 0 saturated heterocycles. The summed E-state index contributed by atoms with van der Waals surface area (Å²) in [6.07, 6.45) is 5.04. The molecule has 0 bridgehead atoms. The molecular formula is C19H22N2O3S. The summed E-state index contributed by atoms with van der Waals surface area (Å²) in [6, 6.07) is 3.97. The predicted octanol–water partition coefficient (Wildman–Crippen LogP) is 3.94. The van der Waals surface area contributed by atoms with Gasteiger partial charge in [0.1, 0.15) is 5.57 Å². The number of benzene rings is 1. The number of hydrogen-bond acceptors (Lipinski definition) is 6. The average molecular weight is 358 g/mol. The number of ether oxygens (including phenoxy) is 2. The standard InChI is InChI=1S/C19H22N2O3S/c1-6-8-21(9-7-2)19-20-17-14(10-13(3)11-16(17)25-19)15(12-23-4)18(22)24-5/h6-7,10-12H,1-2,8-9H2,3-5H3/b15-12-. The Morgan fingerprint density at radius 3 is 2.52 bits per heavy atom. The summed E-state index contributed by atoms with van der Waals surface area (Å²) in [5.74, 6) is -0.461. The fourth-order valence-electron chi connectivity index (χ4n) is 2.49. The zero-order chi connectivity index (χ0) is 18.4. The Morgan fingerprint density at radius 2 is 1.96 bits per heavy atom. The number of aromatic nitrogens is 1. The molecule has 0 fully saturated rings. The Balaban J connectivity index is 2.65. The van der Waals surface area contributed by atoms with Crippen LogP contribution in [-0.4, -0.2) is 38.3 Å². The third-order valence-electron chi connectivity index (χ3n) is 3.53. The number of thiazole rings is 1. The lowest BCUT2D eigenvalue weighted by atomic mass is 10.0. The number of carbonyl (C=O) groups is 1. The van der Waals surface area contributed by atoms with Gasteiger partial charge in [-0.05, 0) is 24.6 Å². The molecule has 132 valence electrons. The summed E-state index contributed by atoms with van der Waals surface area (Å²) in [6.45, 7) is 10.9. The Kier molecular flexibility index (Phi) is 6.36. The molecule has 0 aliphatic heterocycles. The average Bonchev–Trinajstić information content (AvgIpc) is 3.02. The molecular weight excluding hydrogens is 336 g/mol. The van der Waals surface area contributed by atoms with E-state index in [-0.39, 0.29) is 0 Å². The number of anilines is 1. The summed E-state index contributed by atoms with van der Waals surface area (Å²) < 4.78 is 11.0. The van der Waals surface area contributed by atoms with Crippen molar-refractivity contribution < 1.29 is 14.3 Å². The SMILES string of the molecule is C=CCN(CC=C)c1nc2c(/C(=C/OC)C(=O)OC)cc(C)cc2s1. The molecule has 0 unspecified atom stereocenters. The maximum atomic E-state index is 12.2. The van der Waals surface area contributed by atoms with Gasteiger partial charge in [-0.1, -0.05) is 23.5 Å². The van der Waals surface area contributed by atoms with E-state index in [1.165, 1.54) is 20.5 Å². The molecule has 1 aromatic heterocycles. The summed E-state index contributed by atoms with van der Waals surface area (Å²) in [4.78, 5) is 19.0. The van der Waals surface area contributed by atoms with Gasteiger partial charge in [-0.3, -0.25) is 0 Å². The first-order valence-corrected chi connectivity index (χ1v) is 8.56. The number of aryl methyl sites for hydroxylation is 1. The predicted molar refractivity (Wildman–Crippen MR) is 104 cm³/mol. The minimum Gasteiger partial charge on any atom is -0.503 e. The van der Waals surface area contributed by atoms with Gasteiger partial charge in [0.15, 0.2) is 5.13 Å². The van der Waals surface area contributed by atoms with Crippen LogP contribution in [0.15, 0.2) is 43.7 Å². The van der Waals surface area contributed by atoms with E-state index >= 15 is 0 Å². The topological polar surface area (TPSA) is 51.7 Å². The molecule has 2 rings (SSSR count). The van der Waals surface area contributed by atoms with Crippen molar-refractivity contribution in [3.63, 3.8) is 0 Å². The van der Waals surface area contributed by atoms with Crippen molar-refractivity contribution in [2.24, 2.45) is 0 Å². The van der Waals surface area contributed by atoms with Crippen molar-refractivity contribution in [3.8, 4) is 0 Å². The van der Waals surface area contributed by atoms with Crippen LogP contribution in [0.4, 0.5) is 5.13 Å². The van der Waals surface area contributed by atoms with Gasteiger partial charge in [-0.25, -0.2) is 9.78 Å². The zero-order valence-corrected chi connectivity index (χ0v) is 15.6. The molecule has 0 radical (unpaired) electrons. The third-order valence-corrected chi connectivity index (χ3v) is 4.59. The molecule has 0 spiro atoms. The highest BCUT2D eigenvalue weighted by Crippen LogP contribution is 2.35. The highest BCUT2D eigenvalue weighted by Gasteiger charge is 2.20. The molecule has 0 saturated carbocycles. The fourth-order valence-corrected chi connectivity index (χ4v) is 3.60. The zero-order valence-electron chi connectivity index (χ0n) is 14.7. The Hall–Kier alpha value is -2.60. The van der Waals surface area contributed by atoms with Crippen LogP contribution in [0.1, 0.15) is 11.1 Å². The highest BCUT2D eigenvalue weighted by molar-refractivity contribution is 7.22. The van der Waals surface area contributed by atoms with Gasteiger partial charge >= 0.3 is 5.97 Å². The molecule has 1 heterocycles. The van der Waals surface area contributed by atoms with Gasteiger partial charge in [0.25, 0.3) is 0 Å². The monoisotopic (exact) mass is 358 g/mol. The quantitative estimate of drug-likeness (QED) is 0.310. The van der Waals surface area contributed by atoms with Crippen LogP contribution in [0, 0.1) is 6.92 Å². The second-order valence-electron chi connectivity index (χ2n) is 5.40. The van der Waals surface area contributed by atoms with Crippen LogP contribution in [0.3, 0.4) is 0 Å². The molecule has 5 nitrogen and oxygen atoms in total. The first-order chi connectivity index (χ1) is 12.0. The van der Waals surface area contributed by atoms with E-state index in [9.17, 15) is 4.79 Å². The first kappa shape index (κ1) is 18.7. The van der Waals surface area contributed by atoms with Crippen molar-refractivity contribution in [3.05, 3.63) is 54.8 Å². The highest BCUT2D eigenvalue weighted by atomic mass is 32.1. The maximum Gasteiger partial charge on any atom is 0.341 e. The van der Waals surface area contributed by atoms with E-state index in [1.807, 2.05) is 25.1 Å². The normalized spacial score (nSPS) is 11.2. The summed E-state index contributed by atoms with van der Waals surface area (Å²) in [5.41, 5.74) is 2.82. The number of nitrogens with zero attached hydrogens (tertiary/aromatic N) is 2. The van der Waals surface area contributed by atoms with Gasteiger partial charge in [0.05, 0.1) is 30.7 Å². The summed E-state index contributed by atoms with van der Waals surface area (Å²) in [7, 11) is 2.85. The molecule has 2 aromatic rings. The number of rotatable bonds is 8. The number of carbonyl (C=O) groups excluding carboxylic acids is 1. The summed E-state index contributed by atoms with van der Waals surface area (Å²) in [5, 5.41) is 0.850. The third kappa shape index (κ3) is 4.09. The van der Waals surface area contributed by atoms with Crippen LogP contribution in [-0.2, 0) is 14.3 Å². The number of methoxy groups -OCH3 is 2. The van der Waals surface area contributed by atoms with Crippen LogP contribution in [0.25, 0.3) is 15.8 Å². The number of esters is 1. The van der Waals surface area contributed by atoms with Gasteiger partial charge in [0.2, 0.25) is 0 Å². The molecule has 1 aromatic carbocycles.